The monoisotopic (exact) mass is 564 g/mol. The summed E-state index contributed by atoms with van der Waals surface area (Å²) >= 11 is 0. The third kappa shape index (κ3) is 3.62. The topological polar surface area (TPSA) is 35.0 Å². The van der Waals surface area contributed by atoms with Gasteiger partial charge in [0.25, 0.3) is 0 Å². The summed E-state index contributed by atoms with van der Waals surface area (Å²) in [6.07, 6.45) is 1.86. The number of para-hydroxylation sites is 1. The van der Waals surface area contributed by atoms with Crippen molar-refractivity contribution in [2.75, 3.05) is 0 Å². The SMILES string of the molecule is CC1(C)c2cccnc2-c2nc(-c3ccc(-c4ccc(-c5ccc6c7c(cccc57)-c5ccccc5O6)cc4)cc3)ccc21. The van der Waals surface area contributed by atoms with Crippen molar-refractivity contribution in [1.82, 2.24) is 9.97 Å². The van der Waals surface area contributed by atoms with E-state index in [4.69, 9.17) is 9.72 Å². The van der Waals surface area contributed by atoms with Crippen LogP contribution in [0.2, 0.25) is 0 Å². The summed E-state index contributed by atoms with van der Waals surface area (Å²) in [6.45, 7) is 4.50. The summed E-state index contributed by atoms with van der Waals surface area (Å²) in [7, 11) is 0. The molecular formula is C41H28N2O. The third-order valence-corrected chi connectivity index (χ3v) is 9.38. The van der Waals surface area contributed by atoms with E-state index in [0.29, 0.717) is 0 Å². The van der Waals surface area contributed by atoms with Gasteiger partial charge in [-0.1, -0.05) is 117 Å². The molecule has 0 N–H and O–H groups in total. The van der Waals surface area contributed by atoms with Crippen molar-refractivity contribution in [1.29, 1.82) is 0 Å². The van der Waals surface area contributed by atoms with E-state index >= 15 is 0 Å². The highest BCUT2D eigenvalue weighted by Gasteiger charge is 2.37. The van der Waals surface area contributed by atoms with Crippen LogP contribution in [-0.2, 0) is 5.41 Å². The summed E-state index contributed by atoms with van der Waals surface area (Å²) in [5.41, 5.74) is 13.6. The second kappa shape index (κ2) is 9.23. The molecule has 1 aliphatic carbocycles. The summed E-state index contributed by atoms with van der Waals surface area (Å²) in [5, 5.41) is 2.38. The molecule has 208 valence electrons. The molecule has 3 nitrogen and oxygen atoms in total. The van der Waals surface area contributed by atoms with Crippen molar-refractivity contribution < 1.29 is 4.74 Å². The van der Waals surface area contributed by atoms with Gasteiger partial charge in [-0.2, -0.15) is 0 Å². The molecule has 7 aromatic rings. The average Bonchev–Trinajstić information content (AvgIpc) is 3.31. The highest BCUT2D eigenvalue weighted by Crippen LogP contribution is 2.49. The van der Waals surface area contributed by atoms with E-state index in [1.807, 2.05) is 24.4 Å². The second-order valence-electron chi connectivity index (χ2n) is 12.2. The minimum absolute atomic E-state index is 0.0915. The van der Waals surface area contributed by atoms with Crippen LogP contribution in [0.5, 0.6) is 11.5 Å². The Balaban J connectivity index is 1.03. The Hall–Kier alpha value is -5.54. The molecule has 0 saturated carbocycles. The minimum Gasteiger partial charge on any atom is -0.456 e. The molecule has 44 heavy (non-hydrogen) atoms. The first kappa shape index (κ1) is 25.0. The molecule has 0 saturated heterocycles. The summed E-state index contributed by atoms with van der Waals surface area (Å²) in [6, 6.07) is 45.2. The predicted octanol–water partition coefficient (Wildman–Crippen LogP) is 10.7. The molecule has 1 aliphatic heterocycles. The molecule has 2 aliphatic rings. The summed E-state index contributed by atoms with van der Waals surface area (Å²) in [4.78, 5) is 9.78. The van der Waals surface area contributed by atoms with Crippen LogP contribution in [0.3, 0.4) is 0 Å². The lowest BCUT2D eigenvalue weighted by Crippen LogP contribution is -2.15. The van der Waals surface area contributed by atoms with Crippen molar-refractivity contribution in [2.24, 2.45) is 0 Å². The number of hydrogen-bond donors (Lipinski definition) is 0. The van der Waals surface area contributed by atoms with E-state index in [1.54, 1.807) is 0 Å². The molecule has 3 heterocycles. The molecular weight excluding hydrogens is 536 g/mol. The fraction of sp³-hybridized carbons (Fsp3) is 0.0732. The molecule has 9 rings (SSSR count). The Morgan fingerprint density at radius 3 is 2.02 bits per heavy atom. The smallest absolute Gasteiger partial charge is 0.135 e. The fourth-order valence-corrected chi connectivity index (χ4v) is 7.06. The number of benzene rings is 5. The largest absolute Gasteiger partial charge is 0.456 e. The average molecular weight is 565 g/mol. The lowest BCUT2D eigenvalue weighted by Gasteiger charge is -2.22. The molecule has 5 aromatic carbocycles. The van der Waals surface area contributed by atoms with Gasteiger partial charge in [0, 0.05) is 28.1 Å². The molecule has 3 heteroatoms. The fourth-order valence-electron chi connectivity index (χ4n) is 7.06. The van der Waals surface area contributed by atoms with Gasteiger partial charge in [0.15, 0.2) is 0 Å². The maximum atomic E-state index is 6.30. The zero-order valence-corrected chi connectivity index (χ0v) is 24.5. The Bertz CT molecular complexity index is 2260. The van der Waals surface area contributed by atoms with E-state index in [2.05, 4.69) is 128 Å². The van der Waals surface area contributed by atoms with Gasteiger partial charge in [-0.25, -0.2) is 4.98 Å². The normalized spacial score (nSPS) is 13.6. The standard InChI is InChI=1S/C41H28N2O/c1-41(2)33-10-6-24-42-39(33)40-34(41)21-22-35(43-40)28-18-14-26(15-19-28)25-12-16-27(17-13-25)29-20-23-37-38-31(29)8-5-9-32(38)30-7-3-4-11-36(30)44-37/h3-24H,1-2H3. The number of rotatable bonds is 3. The van der Waals surface area contributed by atoms with Crippen LogP contribution < -0.4 is 4.74 Å². The van der Waals surface area contributed by atoms with Crippen molar-refractivity contribution in [3.05, 3.63) is 145 Å². The number of pyridine rings is 2. The zero-order valence-electron chi connectivity index (χ0n) is 24.5. The number of aromatic nitrogens is 2. The molecule has 0 atom stereocenters. The predicted molar refractivity (Wildman–Crippen MR) is 179 cm³/mol. The van der Waals surface area contributed by atoms with Crippen LogP contribution in [-0.4, -0.2) is 9.97 Å². The van der Waals surface area contributed by atoms with Crippen LogP contribution >= 0.6 is 0 Å². The van der Waals surface area contributed by atoms with E-state index in [1.165, 1.54) is 49.7 Å². The molecule has 0 radical (unpaired) electrons. The molecule has 0 spiro atoms. The van der Waals surface area contributed by atoms with Gasteiger partial charge in [0.2, 0.25) is 0 Å². The number of fused-ring (bicyclic) bond motifs is 5. The zero-order chi connectivity index (χ0) is 29.4. The molecule has 0 fully saturated rings. The Labute approximate surface area is 256 Å². The molecule has 0 bridgehead atoms. The van der Waals surface area contributed by atoms with Gasteiger partial charge in [-0.05, 0) is 68.6 Å². The second-order valence-corrected chi connectivity index (χ2v) is 12.2. The maximum Gasteiger partial charge on any atom is 0.135 e. The summed E-state index contributed by atoms with van der Waals surface area (Å²) < 4.78 is 6.30. The van der Waals surface area contributed by atoms with Crippen LogP contribution in [0.15, 0.2) is 134 Å². The van der Waals surface area contributed by atoms with Gasteiger partial charge in [0.1, 0.15) is 11.5 Å². The quantitative estimate of drug-likeness (QED) is 0.214. The Morgan fingerprint density at radius 1 is 0.500 bits per heavy atom. The lowest BCUT2D eigenvalue weighted by molar-refractivity contribution is 0.487. The number of ether oxygens (including phenoxy) is 1. The Morgan fingerprint density at radius 2 is 1.20 bits per heavy atom. The Kier molecular flexibility index (Phi) is 5.24. The first-order chi connectivity index (χ1) is 21.6. The van der Waals surface area contributed by atoms with Crippen LogP contribution in [0, 0.1) is 0 Å². The van der Waals surface area contributed by atoms with E-state index in [9.17, 15) is 0 Å². The van der Waals surface area contributed by atoms with Gasteiger partial charge in [0.05, 0.1) is 17.1 Å². The van der Waals surface area contributed by atoms with Crippen molar-refractivity contribution in [3.63, 3.8) is 0 Å². The van der Waals surface area contributed by atoms with Crippen LogP contribution in [0.25, 0.3) is 66.8 Å². The van der Waals surface area contributed by atoms with Crippen molar-refractivity contribution >= 4 is 10.8 Å². The van der Waals surface area contributed by atoms with Gasteiger partial charge in [-0.15, -0.1) is 0 Å². The van der Waals surface area contributed by atoms with E-state index in [0.717, 1.165) is 39.7 Å². The summed E-state index contributed by atoms with van der Waals surface area (Å²) in [5.74, 6) is 1.82. The van der Waals surface area contributed by atoms with E-state index in [-0.39, 0.29) is 5.41 Å². The first-order valence-electron chi connectivity index (χ1n) is 15.1. The van der Waals surface area contributed by atoms with Crippen LogP contribution in [0.1, 0.15) is 25.0 Å². The highest BCUT2D eigenvalue weighted by molar-refractivity contribution is 6.09. The van der Waals surface area contributed by atoms with Crippen molar-refractivity contribution in [3.8, 4) is 67.5 Å². The molecule has 2 aromatic heterocycles. The molecule has 0 amide bonds. The lowest BCUT2D eigenvalue weighted by atomic mass is 9.83. The van der Waals surface area contributed by atoms with E-state index < -0.39 is 0 Å². The van der Waals surface area contributed by atoms with Gasteiger partial charge >= 0.3 is 0 Å². The van der Waals surface area contributed by atoms with Crippen LogP contribution in [0.4, 0.5) is 0 Å². The molecule has 0 unspecified atom stereocenters. The van der Waals surface area contributed by atoms with Gasteiger partial charge in [-0.3, -0.25) is 4.98 Å². The number of nitrogens with zero attached hydrogens (tertiary/aromatic N) is 2. The minimum atomic E-state index is -0.0915. The number of hydrogen-bond acceptors (Lipinski definition) is 3. The first-order valence-corrected chi connectivity index (χ1v) is 15.1. The van der Waals surface area contributed by atoms with Gasteiger partial charge < -0.3 is 4.74 Å². The van der Waals surface area contributed by atoms with Crippen molar-refractivity contribution in [2.45, 2.75) is 19.3 Å². The maximum absolute atomic E-state index is 6.30. The third-order valence-electron chi connectivity index (χ3n) is 9.38. The highest BCUT2D eigenvalue weighted by atomic mass is 16.5.